The van der Waals surface area contributed by atoms with E-state index < -0.39 is 12.1 Å². The van der Waals surface area contributed by atoms with Crippen LogP contribution in [0.1, 0.15) is 13.3 Å². The summed E-state index contributed by atoms with van der Waals surface area (Å²) in [7, 11) is 0. The summed E-state index contributed by atoms with van der Waals surface area (Å²) < 4.78 is 0. The zero-order chi connectivity index (χ0) is 11.3. The summed E-state index contributed by atoms with van der Waals surface area (Å²) in [5.74, 6) is -0.376. The van der Waals surface area contributed by atoms with E-state index in [1.807, 2.05) is 0 Å². The largest absolute Gasteiger partial charge is 0.392 e. The summed E-state index contributed by atoms with van der Waals surface area (Å²) in [6, 6.07) is -0.451. The number of carbonyl (C=O) groups excluding carboxylic acids is 2. The van der Waals surface area contributed by atoms with Crippen LogP contribution in [0.5, 0.6) is 0 Å². The van der Waals surface area contributed by atoms with Crippen molar-refractivity contribution in [1.82, 2.24) is 16.0 Å². The molecule has 0 radical (unpaired) electrons. The lowest BCUT2D eigenvalue weighted by atomic mass is 10.1. The highest BCUT2D eigenvalue weighted by atomic mass is 16.3. The average molecular weight is 215 g/mol. The summed E-state index contributed by atoms with van der Waals surface area (Å²) >= 11 is 0. The monoisotopic (exact) mass is 215 g/mol. The Morgan fingerprint density at radius 3 is 3.00 bits per heavy atom. The van der Waals surface area contributed by atoms with E-state index in [0.29, 0.717) is 13.1 Å². The van der Waals surface area contributed by atoms with Crippen LogP contribution in [0.15, 0.2) is 0 Å². The smallest absolute Gasteiger partial charge is 0.237 e. The van der Waals surface area contributed by atoms with Crippen LogP contribution in [0, 0.1) is 0 Å². The maximum atomic E-state index is 11.3. The Morgan fingerprint density at radius 1 is 1.67 bits per heavy atom. The molecule has 2 unspecified atom stereocenters. The molecule has 1 saturated heterocycles. The number of amides is 2. The van der Waals surface area contributed by atoms with E-state index in [2.05, 4.69) is 16.0 Å². The Hall–Kier alpha value is -1.14. The standard InChI is InChI=1S/C9H17N3O3/c1-6(13)5-12-8(14)4-7-9(15)11-3-2-10-7/h6-7,10,13H,2-5H2,1H3,(H,11,15)(H,12,14). The zero-order valence-corrected chi connectivity index (χ0v) is 8.75. The third kappa shape index (κ3) is 4.26. The summed E-state index contributed by atoms with van der Waals surface area (Å²) in [6.07, 6.45) is -0.458. The lowest BCUT2D eigenvalue weighted by Crippen LogP contribution is -2.54. The highest BCUT2D eigenvalue weighted by Gasteiger charge is 2.23. The molecule has 0 aliphatic carbocycles. The molecule has 6 nitrogen and oxygen atoms in total. The zero-order valence-electron chi connectivity index (χ0n) is 8.75. The van der Waals surface area contributed by atoms with Crippen molar-refractivity contribution < 1.29 is 14.7 Å². The fraction of sp³-hybridized carbons (Fsp3) is 0.778. The minimum absolute atomic E-state index is 0.110. The van der Waals surface area contributed by atoms with Gasteiger partial charge in [-0.05, 0) is 6.92 Å². The molecular formula is C9H17N3O3. The molecule has 1 heterocycles. The molecular weight excluding hydrogens is 198 g/mol. The second-order valence-electron chi connectivity index (χ2n) is 3.65. The third-order valence-corrected chi connectivity index (χ3v) is 2.12. The first kappa shape index (κ1) is 11.9. The molecule has 2 amide bonds. The van der Waals surface area contributed by atoms with Gasteiger partial charge in [0.25, 0.3) is 0 Å². The van der Waals surface area contributed by atoms with Crippen LogP contribution in [0.4, 0.5) is 0 Å². The average Bonchev–Trinajstić information content (AvgIpc) is 2.18. The predicted octanol–water partition coefficient (Wildman–Crippen LogP) is -2.04. The normalized spacial score (nSPS) is 23.1. The van der Waals surface area contributed by atoms with Gasteiger partial charge in [-0.2, -0.15) is 0 Å². The molecule has 1 rings (SSSR count). The molecule has 1 aliphatic heterocycles. The minimum Gasteiger partial charge on any atom is -0.392 e. The van der Waals surface area contributed by atoms with E-state index in [4.69, 9.17) is 5.11 Å². The molecule has 86 valence electrons. The van der Waals surface area contributed by atoms with Crippen LogP contribution in [0.25, 0.3) is 0 Å². The van der Waals surface area contributed by atoms with Crippen molar-refractivity contribution in [3.05, 3.63) is 0 Å². The van der Waals surface area contributed by atoms with Crippen LogP contribution in [0.2, 0.25) is 0 Å². The van der Waals surface area contributed by atoms with Crippen molar-refractivity contribution in [2.24, 2.45) is 0 Å². The molecule has 4 N–H and O–H groups in total. The number of aliphatic hydroxyl groups is 1. The van der Waals surface area contributed by atoms with Crippen molar-refractivity contribution in [3.8, 4) is 0 Å². The van der Waals surface area contributed by atoms with Crippen molar-refractivity contribution in [2.45, 2.75) is 25.5 Å². The number of hydrogen-bond acceptors (Lipinski definition) is 4. The SMILES string of the molecule is CC(O)CNC(=O)CC1NCCNC1=O. The number of aliphatic hydroxyl groups excluding tert-OH is 1. The van der Waals surface area contributed by atoms with Gasteiger partial charge in [0, 0.05) is 19.6 Å². The van der Waals surface area contributed by atoms with Gasteiger partial charge in [-0.1, -0.05) is 0 Å². The molecule has 15 heavy (non-hydrogen) atoms. The number of hydrogen-bond donors (Lipinski definition) is 4. The van der Waals surface area contributed by atoms with Crippen molar-refractivity contribution in [2.75, 3.05) is 19.6 Å². The Bertz CT molecular complexity index is 243. The first-order chi connectivity index (χ1) is 7.09. The maximum Gasteiger partial charge on any atom is 0.237 e. The van der Waals surface area contributed by atoms with Crippen LogP contribution in [0.3, 0.4) is 0 Å². The highest BCUT2D eigenvalue weighted by molar-refractivity contribution is 5.88. The van der Waals surface area contributed by atoms with Crippen LogP contribution in [-0.4, -0.2) is 48.7 Å². The molecule has 0 aromatic carbocycles. The molecule has 0 saturated carbocycles. The van der Waals surface area contributed by atoms with E-state index >= 15 is 0 Å². The lowest BCUT2D eigenvalue weighted by Gasteiger charge is -2.22. The first-order valence-electron chi connectivity index (χ1n) is 5.05. The minimum atomic E-state index is -0.568. The fourth-order valence-corrected chi connectivity index (χ4v) is 1.33. The van der Waals surface area contributed by atoms with Gasteiger partial charge in [-0.3, -0.25) is 9.59 Å². The maximum absolute atomic E-state index is 11.3. The quantitative estimate of drug-likeness (QED) is 0.435. The van der Waals surface area contributed by atoms with Crippen molar-refractivity contribution in [3.63, 3.8) is 0 Å². The van der Waals surface area contributed by atoms with Crippen LogP contribution in [-0.2, 0) is 9.59 Å². The van der Waals surface area contributed by atoms with Gasteiger partial charge in [0.05, 0.1) is 18.6 Å². The molecule has 1 fully saturated rings. The second-order valence-corrected chi connectivity index (χ2v) is 3.65. The second kappa shape index (κ2) is 5.67. The molecule has 2 atom stereocenters. The van der Waals surface area contributed by atoms with E-state index in [1.54, 1.807) is 6.92 Å². The molecule has 0 spiro atoms. The Labute approximate surface area is 88.4 Å². The predicted molar refractivity (Wildman–Crippen MR) is 54.1 cm³/mol. The Morgan fingerprint density at radius 2 is 2.40 bits per heavy atom. The Kier molecular flexibility index (Phi) is 4.51. The van der Waals surface area contributed by atoms with Gasteiger partial charge in [0.2, 0.25) is 11.8 Å². The van der Waals surface area contributed by atoms with Crippen molar-refractivity contribution in [1.29, 1.82) is 0 Å². The van der Waals surface area contributed by atoms with Gasteiger partial charge < -0.3 is 21.1 Å². The van der Waals surface area contributed by atoms with Gasteiger partial charge >= 0.3 is 0 Å². The molecule has 0 aromatic rings. The summed E-state index contributed by atoms with van der Waals surface area (Å²) in [6.45, 7) is 3.09. The van der Waals surface area contributed by atoms with Gasteiger partial charge in [0.1, 0.15) is 0 Å². The summed E-state index contributed by atoms with van der Waals surface area (Å²) in [5, 5.41) is 17.1. The van der Waals surface area contributed by atoms with Crippen molar-refractivity contribution >= 4 is 11.8 Å². The van der Waals surface area contributed by atoms with Gasteiger partial charge in [-0.25, -0.2) is 0 Å². The van der Waals surface area contributed by atoms with Gasteiger partial charge in [0.15, 0.2) is 0 Å². The van der Waals surface area contributed by atoms with E-state index in [-0.39, 0.29) is 24.8 Å². The topological polar surface area (TPSA) is 90.5 Å². The first-order valence-corrected chi connectivity index (χ1v) is 5.05. The van der Waals surface area contributed by atoms with Gasteiger partial charge in [-0.15, -0.1) is 0 Å². The summed E-state index contributed by atoms with van der Waals surface area (Å²) in [5.41, 5.74) is 0. The highest BCUT2D eigenvalue weighted by Crippen LogP contribution is 1.95. The molecule has 0 aromatic heterocycles. The summed E-state index contributed by atoms with van der Waals surface area (Å²) in [4.78, 5) is 22.6. The van der Waals surface area contributed by atoms with Crippen LogP contribution >= 0.6 is 0 Å². The Balaban J connectivity index is 2.27. The number of nitrogens with one attached hydrogen (secondary N) is 3. The number of carbonyl (C=O) groups is 2. The van der Waals surface area contributed by atoms with E-state index in [9.17, 15) is 9.59 Å². The van der Waals surface area contributed by atoms with E-state index in [0.717, 1.165) is 0 Å². The molecule has 6 heteroatoms. The molecule has 0 bridgehead atoms. The number of rotatable bonds is 4. The lowest BCUT2D eigenvalue weighted by molar-refractivity contribution is -0.129. The fourth-order valence-electron chi connectivity index (χ4n) is 1.33. The van der Waals surface area contributed by atoms with E-state index in [1.165, 1.54) is 0 Å². The molecule has 1 aliphatic rings. The number of piperazine rings is 1. The third-order valence-electron chi connectivity index (χ3n) is 2.12. The van der Waals surface area contributed by atoms with Crippen LogP contribution < -0.4 is 16.0 Å².